The Labute approximate surface area is 178 Å². The van der Waals surface area contributed by atoms with Crippen LogP contribution in [-0.4, -0.2) is 59.0 Å². The van der Waals surface area contributed by atoms with Gasteiger partial charge in [0.2, 0.25) is 11.8 Å². The molecule has 1 unspecified atom stereocenters. The molecule has 7 heteroatoms. The highest BCUT2D eigenvalue weighted by Gasteiger charge is 2.38. The summed E-state index contributed by atoms with van der Waals surface area (Å²) in [6.07, 6.45) is 3.12. The molecule has 0 aliphatic carbocycles. The Morgan fingerprint density at radius 1 is 1.07 bits per heavy atom. The van der Waals surface area contributed by atoms with E-state index < -0.39 is 17.7 Å². The highest BCUT2D eigenvalue weighted by Crippen LogP contribution is 2.25. The van der Waals surface area contributed by atoms with Crippen LogP contribution in [-0.2, 0) is 14.3 Å². The molecular weight excluding hydrogens is 382 g/mol. The highest BCUT2D eigenvalue weighted by atomic mass is 16.6. The summed E-state index contributed by atoms with van der Waals surface area (Å²) in [7, 11) is 0. The Kier molecular flexibility index (Phi) is 7.00. The first kappa shape index (κ1) is 22.1. The Balaban J connectivity index is 1.70. The van der Waals surface area contributed by atoms with Crippen LogP contribution in [0.25, 0.3) is 0 Å². The van der Waals surface area contributed by atoms with Gasteiger partial charge in [0, 0.05) is 19.6 Å². The Morgan fingerprint density at radius 3 is 2.37 bits per heavy atom. The van der Waals surface area contributed by atoms with E-state index in [1.807, 2.05) is 35.2 Å². The first-order chi connectivity index (χ1) is 14.2. The average molecular weight is 416 g/mol. The van der Waals surface area contributed by atoms with Crippen molar-refractivity contribution in [1.82, 2.24) is 15.1 Å². The van der Waals surface area contributed by atoms with Gasteiger partial charge in [0.1, 0.15) is 11.6 Å². The molecule has 2 heterocycles. The summed E-state index contributed by atoms with van der Waals surface area (Å²) in [6, 6.07) is 8.50. The number of nitrogens with zero attached hydrogens (tertiary/aromatic N) is 2. The zero-order valence-corrected chi connectivity index (χ0v) is 18.2. The van der Waals surface area contributed by atoms with Gasteiger partial charge in [-0.3, -0.25) is 9.59 Å². The van der Waals surface area contributed by atoms with Crippen molar-refractivity contribution in [2.45, 2.75) is 70.6 Å². The third kappa shape index (κ3) is 5.74. The molecule has 3 amide bonds. The number of benzene rings is 1. The fourth-order valence-corrected chi connectivity index (χ4v) is 4.15. The molecule has 3 rings (SSSR count). The van der Waals surface area contributed by atoms with E-state index in [4.69, 9.17) is 4.74 Å². The predicted molar refractivity (Wildman–Crippen MR) is 114 cm³/mol. The zero-order chi connectivity index (χ0) is 21.7. The van der Waals surface area contributed by atoms with Gasteiger partial charge in [0.15, 0.2) is 0 Å². The lowest BCUT2D eigenvalue weighted by molar-refractivity contribution is -0.143. The molecule has 0 radical (unpaired) electrons. The van der Waals surface area contributed by atoms with Gasteiger partial charge >= 0.3 is 6.09 Å². The van der Waals surface area contributed by atoms with Crippen LogP contribution in [0, 0.1) is 0 Å². The smallest absolute Gasteiger partial charge is 0.408 e. The van der Waals surface area contributed by atoms with Crippen LogP contribution in [0.5, 0.6) is 0 Å². The zero-order valence-electron chi connectivity index (χ0n) is 18.2. The monoisotopic (exact) mass is 415 g/mol. The molecule has 0 saturated carbocycles. The van der Waals surface area contributed by atoms with Gasteiger partial charge in [-0.15, -0.1) is 0 Å². The van der Waals surface area contributed by atoms with Crippen LogP contribution in [0.3, 0.4) is 0 Å². The van der Waals surface area contributed by atoms with E-state index in [2.05, 4.69) is 5.32 Å². The van der Waals surface area contributed by atoms with Crippen molar-refractivity contribution in [2.75, 3.05) is 19.6 Å². The number of rotatable bonds is 5. The van der Waals surface area contributed by atoms with Crippen molar-refractivity contribution in [1.29, 1.82) is 0 Å². The Morgan fingerprint density at radius 2 is 1.73 bits per heavy atom. The van der Waals surface area contributed by atoms with Gasteiger partial charge in [-0.05, 0) is 52.0 Å². The number of carbonyl (C=O) groups is 3. The summed E-state index contributed by atoms with van der Waals surface area (Å²) in [4.78, 5) is 42.0. The number of nitrogens with one attached hydrogen (secondary N) is 1. The number of amides is 3. The van der Waals surface area contributed by atoms with Crippen molar-refractivity contribution in [3.8, 4) is 0 Å². The molecule has 2 atom stereocenters. The maximum absolute atomic E-state index is 13.2. The topological polar surface area (TPSA) is 79.0 Å². The lowest BCUT2D eigenvalue weighted by Crippen LogP contribution is -2.47. The molecule has 2 aliphatic rings. The van der Waals surface area contributed by atoms with Crippen LogP contribution in [0.2, 0.25) is 0 Å². The number of hydrogen-bond acceptors (Lipinski definition) is 4. The number of alkyl carbamates (subject to hydrolysis) is 1. The molecule has 7 nitrogen and oxygen atoms in total. The molecule has 30 heavy (non-hydrogen) atoms. The Bertz CT molecular complexity index is 753. The lowest BCUT2D eigenvalue weighted by atomic mass is 10.0. The van der Waals surface area contributed by atoms with Gasteiger partial charge in [-0.2, -0.15) is 0 Å². The standard InChI is InChI=1S/C23H33N3O4/c1-23(2,3)30-22(29)24-18(17-10-5-4-6-11-17)16-20(27)26-15-9-12-19(26)21(28)25-13-7-8-14-25/h4-6,10-11,18-19H,7-9,12-16H2,1-3H3,(H,24,29)/t18?,19-/m0/s1. The van der Waals surface area contributed by atoms with Crippen molar-refractivity contribution in [3.63, 3.8) is 0 Å². The number of ether oxygens (including phenoxy) is 1. The Hall–Kier alpha value is -2.57. The number of likely N-dealkylation sites (tertiary alicyclic amines) is 2. The lowest BCUT2D eigenvalue weighted by Gasteiger charge is -2.29. The summed E-state index contributed by atoms with van der Waals surface area (Å²) < 4.78 is 5.39. The molecule has 1 aromatic rings. The normalized spacial score (nSPS) is 20.2. The van der Waals surface area contributed by atoms with Gasteiger partial charge in [-0.1, -0.05) is 30.3 Å². The van der Waals surface area contributed by atoms with E-state index in [9.17, 15) is 14.4 Å². The molecule has 0 aromatic heterocycles. The third-order valence-electron chi connectivity index (χ3n) is 5.55. The molecule has 1 N–H and O–H groups in total. The van der Waals surface area contributed by atoms with Gasteiger partial charge in [0.05, 0.1) is 12.5 Å². The van der Waals surface area contributed by atoms with E-state index >= 15 is 0 Å². The van der Waals surface area contributed by atoms with Crippen LogP contribution >= 0.6 is 0 Å². The summed E-state index contributed by atoms with van der Waals surface area (Å²) in [5.74, 6) is -0.0512. The van der Waals surface area contributed by atoms with Crippen molar-refractivity contribution >= 4 is 17.9 Å². The van der Waals surface area contributed by atoms with Crippen LogP contribution < -0.4 is 5.32 Å². The summed E-state index contributed by atoms with van der Waals surface area (Å²) in [5.41, 5.74) is 0.204. The quantitative estimate of drug-likeness (QED) is 0.801. The minimum Gasteiger partial charge on any atom is -0.444 e. The fourth-order valence-electron chi connectivity index (χ4n) is 4.15. The van der Waals surface area contributed by atoms with Gasteiger partial charge in [-0.25, -0.2) is 4.79 Å². The fraction of sp³-hybridized carbons (Fsp3) is 0.609. The molecule has 164 valence electrons. The minimum absolute atomic E-state index is 0.0645. The van der Waals surface area contributed by atoms with Crippen molar-refractivity contribution in [3.05, 3.63) is 35.9 Å². The van der Waals surface area contributed by atoms with Gasteiger partial charge < -0.3 is 19.9 Å². The average Bonchev–Trinajstić information content (AvgIpc) is 3.38. The van der Waals surface area contributed by atoms with E-state index in [0.29, 0.717) is 13.0 Å². The highest BCUT2D eigenvalue weighted by molar-refractivity contribution is 5.89. The maximum Gasteiger partial charge on any atom is 0.408 e. The molecular formula is C23H33N3O4. The van der Waals surface area contributed by atoms with E-state index in [-0.39, 0.29) is 24.3 Å². The molecule has 2 fully saturated rings. The minimum atomic E-state index is -0.627. The first-order valence-electron chi connectivity index (χ1n) is 10.9. The summed E-state index contributed by atoms with van der Waals surface area (Å²) >= 11 is 0. The van der Waals surface area contributed by atoms with E-state index in [1.54, 1.807) is 25.7 Å². The molecule has 2 aliphatic heterocycles. The molecule has 2 saturated heterocycles. The SMILES string of the molecule is CC(C)(C)OC(=O)NC(CC(=O)N1CCC[C@H]1C(=O)N1CCCC1)c1ccccc1. The van der Waals surface area contributed by atoms with Crippen molar-refractivity contribution in [2.24, 2.45) is 0 Å². The van der Waals surface area contributed by atoms with Crippen molar-refractivity contribution < 1.29 is 19.1 Å². The molecule has 0 bridgehead atoms. The van der Waals surface area contributed by atoms with E-state index in [1.165, 1.54) is 0 Å². The van der Waals surface area contributed by atoms with Crippen LogP contribution in [0.1, 0.15) is 64.5 Å². The van der Waals surface area contributed by atoms with E-state index in [0.717, 1.165) is 37.9 Å². The number of carbonyl (C=O) groups excluding carboxylic acids is 3. The van der Waals surface area contributed by atoms with Crippen LogP contribution in [0.4, 0.5) is 4.79 Å². The second-order valence-corrected chi connectivity index (χ2v) is 9.09. The largest absolute Gasteiger partial charge is 0.444 e. The summed E-state index contributed by atoms with van der Waals surface area (Å²) in [5, 5.41) is 2.84. The second-order valence-electron chi connectivity index (χ2n) is 9.09. The third-order valence-corrected chi connectivity index (χ3v) is 5.55. The molecule has 0 spiro atoms. The van der Waals surface area contributed by atoms with Gasteiger partial charge in [0.25, 0.3) is 0 Å². The maximum atomic E-state index is 13.2. The summed E-state index contributed by atoms with van der Waals surface area (Å²) in [6.45, 7) is 7.54. The predicted octanol–water partition coefficient (Wildman–Crippen LogP) is 3.26. The number of hydrogen-bond donors (Lipinski definition) is 1. The first-order valence-corrected chi connectivity index (χ1v) is 10.9. The molecule has 1 aromatic carbocycles. The second kappa shape index (κ2) is 9.49. The van der Waals surface area contributed by atoms with Crippen LogP contribution in [0.15, 0.2) is 30.3 Å².